The van der Waals surface area contributed by atoms with E-state index in [2.05, 4.69) is 5.32 Å². The quantitative estimate of drug-likeness (QED) is 0.739. The summed E-state index contributed by atoms with van der Waals surface area (Å²) in [6.07, 6.45) is 4.37. The molecule has 4 heteroatoms. The lowest BCUT2D eigenvalue weighted by molar-refractivity contribution is -0.128. The minimum Gasteiger partial charge on any atom is -0.369 e. The average molecular weight is 234 g/mol. The smallest absolute Gasteiger partial charge is 0.246 e. The number of rotatable bonds is 5. The van der Waals surface area contributed by atoms with Gasteiger partial charge in [-0.05, 0) is 26.7 Å². The topological polar surface area (TPSA) is 38.3 Å². The Bertz CT molecular complexity index is 213. The van der Waals surface area contributed by atoms with Gasteiger partial charge in [0.2, 0.25) is 5.91 Å². The van der Waals surface area contributed by atoms with Crippen LogP contribution in [0.25, 0.3) is 0 Å². The Labute approximate surface area is 96.5 Å². The number of ether oxygens (including phenoxy) is 1. The molecule has 3 nitrogen and oxygen atoms in total. The second kappa shape index (κ2) is 5.71. The maximum absolute atomic E-state index is 11.6. The number of nitrogens with one attached hydrogen (secondary N) is 1. The Kier molecular flexibility index (Phi) is 4.87. The van der Waals surface area contributed by atoms with E-state index in [0.29, 0.717) is 5.88 Å². The van der Waals surface area contributed by atoms with Crippen molar-refractivity contribution < 1.29 is 9.53 Å². The Morgan fingerprint density at radius 3 is 2.53 bits per heavy atom. The van der Waals surface area contributed by atoms with Gasteiger partial charge in [0, 0.05) is 5.88 Å². The average Bonchev–Trinajstić information content (AvgIpc) is 2.64. The fourth-order valence-electron chi connectivity index (χ4n) is 1.92. The van der Waals surface area contributed by atoms with Gasteiger partial charge in [0.1, 0.15) is 6.61 Å². The highest BCUT2D eigenvalue weighted by molar-refractivity contribution is 6.18. The van der Waals surface area contributed by atoms with Crippen LogP contribution in [0.4, 0.5) is 0 Å². The summed E-state index contributed by atoms with van der Waals surface area (Å²) in [6, 6.07) is 0. The van der Waals surface area contributed by atoms with Crippen molar-refractivity contribution in [3.63, 3.8) is 0 Å². The summed E-state index contributed by atoms with van der Waals surface area (Å²) in [4.78, 5) is 11.6. The second-order valence-corrected chi connectivity index (χ2v) is 4.80. The number of carbonyl (C=O) groups is 1. The van der Waals surface area contributed by atoms with Crippen LogP contribution in [0, 0.1) is 0 Å². The number of carbonyl (C=O) groups excluding carboxylic acids is 1. The molecule has 88 valence electrons. The molecule has 1 aliphatic carbocycles. The van der Waals surface area contributed by atoms with E-state index in [1.54, 1.807) is 0 Å². The van der Waals surface area contributed by atoms with E-state index >= 15 is 0 Å². The van der Waals surface area contributed by atoms with Crippen LogP contribution in [-0.4, -0.2) is 30.0 Å². The number of amides is 1. The van der Waals surface area contributed by atoms with E-state index in [9.17, 15) is 4.79 Å². The Morgan fingerprint density at radius 2 is 2.07 bits per heavy atom. The largest absolute Gasteiger partial charge is 0.369 e. The van der Waals surface area contributed by atoms with E-state index in [1.807, 2.05) is 13.8 Å². The van der Waals surface area contributed by atoms with Gasteiger partial charge in [0.05, 0.1) is 11.6 Å². The maximum Gasteiger partial charge on any atom is 0.246 e. The summed E-state index contributed by atoms with van der Waals surface area (Å²) in [5.74, 6) is 0.451. The summed E-state index contributed by atoms with van der Waals surface area (Å²) in [7, 11) is 0. The predicted octanol–water partition coefficient (Wildman–Crippen LogP) is 2.08. The van der Waals surface area contributed by atoms with E-state index < -0.39 is 0 Å². The van der Waals surface area contributed by atoms with Crippen molar-refractivity contribution in [2.75, 3.05) is 12.5 Å². The van der Waals surface area contributed by atoms with Crippen molar-refractivity contribution in [2.24, 2.45) is 0 Å². The monoisotopic (exact) mass is 233 g/mol. The van der Waals surface area contributed by atoms with E-state index in [0.717, 1.165) is 25.7 Å². The number of alkyl halides is 1. The fraction of sp³-hybridized carbons (Fsp3) is 0.909. The van der Waals surface area contributed by atoms with Crippen molar-refractivity contribution in [1.29, 1.82) is 0 Å². The van der Waals surface area contributed by atoms with Gasteiger partial charge in [0.15, 0.2) is 0 Å². The molecule has 0 saturated heterocycles. The molecule has 0 aromatic rings. The number of hydrogen-bond donors (Lipinski definition) is 1. The van der Waals surface area contributed by atoms with Gasteiger partial charge in [-0.1, -0.05) is 12.8 Å². The van der Waals surface area contributed by atoms with Crippen LogP contribution >= 0.6 is 11.6 Å². The van der Waals surface area contributed by atoms with Crippen LogP contribution < -0.4 is 5.32 Å². The third kappa shape index (κ3) is 3.99. The van der Waals surface area contributed by atoms with Crippen LogP contribution in [0.3, 0.4) is 0 Å². The van der Waals surface area contributed by atoms with Gasteiger partial charge in [0.25, 0.3) is 0 Å². The van der Waals surface area contributed by atoms with Crippen LogP contribution in [-0.2, 0) is 9.53 Å². The molecular weight excluding hydrogens is 214 g/mol. The molecule has 0 radical (unpaired) electrons. The van der Waals surface area contributed by atoms with Crippen molar-refractivity contribution in [3.05, 3.63) is 0 Å². The molecule has 1 amide bonds. The van der Waals surface area contributed by atoms with Crippen LogP contribution in [0.2, 0.25) is 0 Å². The van der Waals surface area contributed by atoms with Gasteiger partial charge in [-0.15, -0.1) is 11.6 Å². The maximum atomic E-state index is 11.6. The minimum atomic E-state index is -0.168. The first-order valence-electron chi connectivity index (χ1n) is 5.56. The summed E-state index contributed by atoms with van der Waals surface area (Å²) in [5, 5.41) is 3.00. The normalized spacial score (nSPS) is 19.5. The van der Waals surface area contributed by atoms with Gasteiger partial charge in [-0.3, -0.25) is 4.79 Å². The lowest BCUT2D eigenvalue weighted by Gasteiger charge is -2.27. The fourth-order valence-corrected chi connectivity index (χ4v) is 2.25. The molecule has 1 N–H and O–H groups in total. The Hall–Kier alpha value is -0.280. The summed E-state index contributed by atoms with van der Waals surface area (Å²) >= 11 is 5.92. The molecule has 0 bridgehead atoms. The van der Waals surface area contributed by atoms with Gasteiger partial charge < -0.3 is 10.1 Å². The Balaban J connectivity index is 2.35. The molecule has 1 saturated carbocycles. The van der Waals surface area contributed by atoms with Crippen LogP contribution in [0.1, 0.15) is 39.5 Å². The SMILES string of the molecule is CC(C)OCC(=O)NC1(CCl)CCCC1. The Morgan fingerprint density at radius 1 is 1.47 bits per heavy atom. The number of halogens is 1. The molecule has 1 rings (SSSR count). The molecule has 0 spiro atoms. The first kappa shape index (κ1) is 12.8. The minimum absolute atomic E-state index is 0.0498. The van der Waals surface area contributed by atoms with Crippen molar-refractivity contribution >= 4 is 17.5 Å². The third-order valence-corrected chi connectivity index (χ3v) is 3.28. The summed E-state index contributed by atoms with van der Waals surface area (Å²) in [5.41, 5.74) is -0.168. The van der Waals surface area contributed by atoms with E-state index in [-0.39, 0.29) is 24.2 Å². The first-order chi connectivity index (χ1) is 7.08. The summed E-state index contributed by atoms with van der Waals surface area (Å²) < 4.78 is 5.25. The zero-order valence-electron chi connectivity index (χ0n) is 9.51. The van der Waals surface area contributed by atoms with Gasteiger partial charge in [-0.2, -0.15) is 0 Å². The summed E-state index contributed by atoms with van der Waals surface area (Å²) in [6.45, 7) is 3.97. The standard InChI is InChI=1S/C11H20ClNO2/c1-9(2)15-7-10(14)13-11(8-12)5-3-4-6-11/h9H,3-8H2,1-2H3,(H,13,14). The van der Waals surface area contributed by atoms with Crippen LogP contribution in [0.15, 0.2) is 0 Å². The molecular formula is C11H20ClNO2. The lowest BCUT2D eigenvalue weighted by Crippen LogP contribution is -2.49. The zero-order valence-corrected chi connectivity index (χ0v) is 10.3. The number of hydrogen-bond acceptors (Lipinski definition) is 2. The van der Waals surface area contributed by atoms with Crippen LogP contribution in [0.5, 0.6) is 0 Å². The molecule has 0 aromatic heterocycles. The highest BCUT2D eigenvalue weighted by Gasteiger charge is 2.34. The molecule has 1 aliphatic rings. The molecule has 15 heavy (non-hydrogen) atoms. The van der Waals surface area contributed by atoms with Gasteiger partial charge >= 0.3 is 0 Å². The first-order valence-corrected chi connectivity index (χ1v) is 6.10. The predicted molar refractivity (Wildman–Crippen MR) is 61.1 cm³/mol. The zero-order chi connectivity index (χ0) is 11.3. The molecule has 0 atom stereocenters. The molecule has 0 unspecified atom stereocenters. The molecule has 0 aromatic carbocycles. The lowest BCUT2D eigenvalue weighted by atomic mass is 10.0. The highest BCUT2D eigenvalue weighted by atomic mass is 35.5. The van der Waals surface area contributed by atoms with Crippen molar-refractivity contribution in [2.45, 2.75) is 51.2 Å². The molecule has 1 fully saturated rings. The second-order valence-electron chi connectivity index (χ2n) is 4.53. The van der Waals surface area contributed by atoms with Crippen molar-refractivity contribution in [3.8, 4) is 0 Å². The van der Waals surface area contributed by atoms with E-state index in [1.165, 1.54) is 0 Å². The highest BCUT2D eigenvalue weighted by Crippen LogP contribution is 2.30. The molecule has 0 aliphatic heterocycles. The molecule has 0 heterocycles. The van der Waals surface area contributed by atoms with E-state index in [4.69, 9.17) is 16.3 Å². The van der Waals surface area contributed by atoms with Crippen molar-refractivity contribution in [1.82, 2.24) is 5.32 Å². The van der Waals surface area contributed by atoms with Gasteiger partial charge in [-0.25, -0.2) is 0 Å². The third-order valence-electron chi connectivity index (χ3n) is 2.77.